The summed E-state index contributed by atoms with van der Waals surface area (Å²) in [6.45, 7) is 0. The highest BCUT2D eigenvalue weighted by Crippen LogP contribution is 2.37. The molecule has 0 radical (unpaired) electrons. The van der Waals surface area contributed by atoms with Gasteiger partial charge in [-0.2, -0.15) is 13.2 Å². The van der Waals surface area contributed by atoms with Crippen LogP contribution in [0.1, 0.15) is 36.2 Å². The number of benzene rings is 1. The van der Waals surface area contributed by atoms with E-state index in [9.17, 15) is 18.0 Å². The number of carbonyl (C=O) groups excluding carboxylic acids is 1. The van der Waals surface area contributed by atoms with E-state index in [1.54, 1.807) is 35.9 Å². The minimum atomic E-state index is -4.18. The normalized spacial score (nSPS) is 19.2. The van der Waals surface area contributed by atoms with Crippen molar-refractivity contribution in [3.05, 3.63) is 46.2 Å². The number of pyridine rings is 1. The minimum Gasteiger partial charge on any atom is -0.348 e. The maximum atomic E-state index is 12.8. The number of aryl methyl sites for hydroxylation is 1. The first-order chi connectivity index (χ1) is 15.1. The number of nitrogens with zero attached hydrogens (tertiary/aromatic N) is 3. The monoisotopic (exact) mass is 485 g/mol. The molecule has 1 saturated carbocycles. The third-order valence-corrected chi connectivity index (χ3v) is 6.35. The van der Waals surface area contributed by atoms with Crippen molar-refractivity contribution < 1.29 is 18.0 Å². The summed E-state index contributed by atoms with van der Waals surface area (Å²) in [4.78, 5) is 21.3. The molecule has 2 heterocycles. The van der Waals surface area contributed by atoms with Crippen molar-refractivity contribution >= 4 is 51.8 Å². The van der Waals surface area contributed by atoms with Gasteiger partial charge in [0.25, 0.3) is 5.91 Å². The SMILES string of the molecule is Cn1c(Nc2c(Cl)cccc2Cl)nc2cc(C(=O)NC3CCC(C(F)(F)F)CC3)ncc21. The smallest absolute Gasteiger partial charge is 0.348 e. The van der Waals surface area contributed by atoms with Gasteiger partial charge in [-0.05, 0) is 43.9 Å². The first-order valence-corrected chi connectivity index (χ1v) is 10.8. The molecule has 0 atom stereocenters. The lowest BCUT2D eigenvalue weighted by Crippen LogP contribution is -2.40. The fraction of sp³-hybridized carbons (Fsp3) is 0.381. The molecule has 0 spiro atoms. The summed E-state index contributed by atoms with van der Waals surface area (Å²) >= 11 is 12.4. The number of rotatable bonds is 4. The third kappa shape index (κ3) is 4.63. The molecule has 2 aromatic heterocycles. The van der Waals surface area contributed by atoms with Crippen LogP contribution in [0.25, 0.3) is 11.0 Å². The Morgan fingerprint density at radius 3 is 2.44 bits per heavy atom. The van der Waals surface area contributed by atoms with Gasteiger partial charge in [-0.1, -0.05) is 29.3 Å². The van der Waals surface area contributed by atoms with Crippen LogP contribution < -0.4 is 10.6 Å². The molecule has 0 unspecified atom stereocenters. The summed E-state index contributed by atoms with van der Waals surface area (Å²) in [7, 11) is 1.78. The van der Waals surface area contributed by atoms with E-state index in [1.807, 2.05) is 0 Å². The molecule has 170 valence electrons. The predicted molar refractivity (Wildman–Crippen MR) is 118 cm³/mol. The summed E-state index contributed by atoms with van der Waals surface area (Å²) in [5.41, 5.74) is 1.86. The number of hydrogen-bond acceptors (Lipinski definition) is 4. The van der Waals surface area contributed by atoms with Crippen molar-refractivity contribution in [1.29, 1.82) is 0 Å². The van der Waals surface area contributed by atoms with Gasteiger partial charge < -0.3 is 15.2 Å². The Morgan fingerprint density at radius 1 is 1.16 bits per heavy atom. The van der Waals surface area contributed by atoms with Crippen LogP contribution in [0.15, 0.2) is 30.5 Å². The van der Waals surface area contributed by atoms with Crippen LogP contribution in [0.3, 0.4) is 0 Å². The molecule has 0 saturated heterocycles. The van der Waals surface area contributed by atoms with E-state index in [-0.39, 0.29) is 37.4 Å². The van der Waals surface area contributed by atoms with Gasteiger partial charge in [0.05, 0.1) is 38.9 Å². The van der Waals surface area contributed by atoms with Gasteiger partial charge in [-0.15, -0.1) is 0 Å². The second kappa shape index (κ2) is 8.78. The molecule has 1 aliphatic rings. The van der Waals surface area contributed by atoms with Crippen LogP contribution in [0.2, 0.25) is 10.0 Å². The van der Waals surface area contributed by atoms with E-state index in [4.69, 9.17) is 23.2 Å². The fourth-order valence-electron chi connectivity index (χ4n) is 3.88. The Balaban J connectivity index is 1.49. The van der Waals surface area contributed by atoms with Crippen molar-refractivity contribution in [2.75, 3.05) is 5.32 Å². The van der Waals surface area contributed by atoms with Crippen molar-refractivity contribution in [1.82, 2.24) is 19.9 Å². The average molecular weight is 486 g/mol. The van der Waals surface area contributed by atoms with Crippen molar-refractivity contribution in [2.24, 2.45) is 13.0 Å². The largest absolute Gasteiger partial charge is 0.391 e. The predicted octanol–water partition coefficient (Wildman–Crippen LogP) is 5.87. The molecule has 0 bridgehead atoms. The number of aromatic nitrogens is 3. The lowest BCUT2D eigenvalue weighted by molar-refractivity contribution is -0.182. The number of hydrogen-bond donors (Lipinski definition) is 2. The number of alkyl halides is 3. The Bertz CT molecular complexity index is 1140. The van der Waals surface area contributed by atoms with Crippen molar-refractivity contribution in [3.8, 4) is 0 Å². The Hall–Kier alpha value is -2.52. The average Bonchev–Trinajstić information content (AvgIpc) is 3.05. The molecule has 1 aliphatic carbocycles. The first kappa shape index (κ1) is 22.7. The number of halogens is 5. The van der Waals surface area contributed by atoms with E-state index in [0.717, 1.165) is 0 Å². The highest BCUT2D eigenvalue weighted by Gasteiger charge is 2.41. The number of nitrogens with one attached hydrogen (secondary N) is 2. The summed E-state index contributed by atoms with van der Waals surface area (Å²) < 4.78 is 40.3. The van der Waals surface area contributed by atoms with E-state index in [1.165, 1.54) is 6.20 Å². The highest BCUT2D eigenvalue weighted by molar-refractivity contribution is 6.39. The molecule has 32 heavy (non-hydrogen) atoms. The summed E-state index contributed by atoms with van der Waals surface area (Å²) in [6, 6.07) is 6.37. The quantitative estimate of drug-likeness (QED) is 0.484. The molecule has 1 aromatic carbocycles. The molecule has 4 rings (SSSR count). The van der Waals surface area contributed by atoms with Crippen LogP contribution in [0.4, 0.5) is 24.8 Å². The van der Waals surface area contributed by atoms with Crippen LogP contribution in [-0.4, -0.2) is 32.7 Å². The van der Waals surface area contributed by atoms with Crippen LogP contribution in [0.5, 0.6) is 0 Å². The zero-order valence-corrected chi connectivity index (χ0v) is 18.5. The number of anilines is 2. The van der Waals surface area contributed by atoms with Crippen LogP contribution in [0, 0.1) is 5.92 Å². The molecule has 2 N–H and O–H groups in total. The zero-order chi connectivity index (χ0) is 23.0. The molecule has 11 heteroatoms. The van der Waals surface area contributed by atoms with Crippen LogP contribution >= 0.6 is 23.2 Å². The van der Waals surface area contributed by atoms with E-state index >= 15 is 0 Å². The molecule has 1 amide bonds. The number of imidazole rings is 1. The molecule has 0 aliphatic heterocycles. The lowest BCUT2D eigenvalue weighted by Gasteiger charge is -2.30. The summed E-state index contributed by atoms with van der Waals surface area (Å²) in [5, 5.41) is 6.76. The van der Waals surface area contributed by atoms with Gasteiger partial charge in [0, 0.05) is 13.1 Å². The molecule has 1 fully saturated rings. The summed E-state index contributed by atoms with van der Waals surface area (Å²) in [6.07, 6.45) is -2.05. The molecule has 3 aromatic rings. The van der Waals surface area contributed by atoms with Gasteiger partial charge in [-0.25, -0.2) is 9.97 Å². The fourth-order valence-corrected chi connectivity index (χ4v) is 4.37. The highest BCUT2D eigenvalue weighted by atomic mass is 35.5. The van der Waals surface area contributed by atoms with E-state index < -0.39 is 18.0 Å². The van der Waals surface area contributed by atoms with Gasteiger partial charge in [0.1, 0.15) is 5.69 Å². The standard InChI is InChI=1S/C21H20Cl2F3N5O/c1-31-17-10-27-16(19(32)28-12-7-5-11(6-8-12)21(24,25)26)9-15(17)29-20(31)30-18-13(22)3-2-4-14(18)23/h2-4,9-12H,5-8H2,1H3,(H,28,32)(H,29,30). The molecular weight excluding hydrogens is 466 g/mol. The Kier molecular flexibility index (Phi) is 6.22. The molecule has 6 nitrogen and oxygen atoms in total. The van der Waals surface area contributed by atoms with Crippen molar-refractivity contribution in [2.45, 2.75) is 37.9 Å². The topological polar surface area (TPSA) is 71.8 Å². The van der Waals surface area contributed by atoms with Crippen molar-refractivity contribution in [3.63, 3.8) is 0 Å². The first-order valence-electron chi connectivity index (χ1n) is 10.0. The van der Waals surface area contributed by atoms with Gasteiger partial charge >= 0.3 is 6.18 Å². The second-order valence-electron chi connectivity index (χ2n) is 7.84. The zero-order valence-electron chi connectivity index (χ0n) is 17.0. The van der Waals surface area contributed by atoms with Gasteiger partial charge in [-0.3, -0.25) is 4.79 Å². The Labute approximate surface area is 192 Å². The number of amides is 1. The Morgan fingerprint density at radius 2 is 1.81 bits per heavy atom. The van der Waals surface area contributed by atoms with Gasteiger partial charge in [0.15, 0.2) is 0 Å². The number of para-hydroxylation sites is 1. The maximum absolute atomic E-state index is 12.8. The van der Waals surface area contributed by atoms with Gasteiger partial charge in [0.2, 0.25) is 5.95 Å². The number of carbonyl (C=O) groups is 1. The maximum Gasteiger partial charge on any atom is 0.391 e. The summed E-state index contributed by atoms with van der Waals surface area (Å²) in [5.74, 6) is -1.27. The third-order valence-electron chi connectivity index (χ3n) is 5.72. The molecular formula is C21H20Cl2F3N5O. The van der Waals surface area contributed by atoms with Crippen LogP contribution in [-0.2, 0) is 7.05 Å². The van der Waals surface area contributed by atoms with E-state index in [0.29, 0.717) is 32.7 Å². The second-order valence-corrected chi connectivity index (χ2v) is 8.65. The minimum absolute atomic E-state index is 0.0147. The lowest BCUT2D eigenvalue weighted by atomic mass is 9.85. The van der Waals surface area contributed by atoms with E-state index in [2.05, 4.69) is 20.6 Å². The number of fused-ring (bicyclic) bond motifs is 1.